The smallest absolute Gasteiger partial charge is 0.257 e. The van der Waals surface area contributed by atoms with Crippen LogP contribution in [0, 0.1) is 5.82 Å². The molecule has 2 atom stereocenters. The van der Waals surface area contributed by atoms with Gasteiger partial charge in [0.2, 0.25) is 0 Å². The molecule has 1 fully saturated rings. The number of piperazine rings is 1. The molecule has 33 heavy (non-hydrogen) atoms. The summed E-state index contributed by atoms with van der Waals surface area (Å²) in [6.45, 7) is 5.89. The number of amides is 1. The number of imidazole rings is 1. The number of carbonyl (C=O) groups is 2. The second-order valence-corrected chi connectivity index (χ2v) is 8.30. The number of nitrogens with one attached hydrogen (secondary N) is 2. The van der Waals surface area contributed by atoms with Gasteiger partial charge < -0.3 is 19.9 Å². The molecule has 0 radical (unpaired) electrons. The van der Waals surface area contributed by atoms with E-state index < -0.39 is 11.7 Å². The first-order valence-corrected chi connectivity index (χ1v) is 10.6. The van der Waals surface area contributed by atoms with Crippen molar-refractivity contribution >= 4 is 40.2 Å². The third-order valence-electron chi connectivity index (χ3n) is 5.65. The van der Waals surface area contributed by atoms with Crippen molar-refractivity contribution in [3.8, 4) is 0 Å². The van der Waals surface area contributed by atoms with Gasteiger partial charge in [0.25, 0.3) is 5.91 Å². The lowest BCUT2D eigenvalue weighted by atomic mass is 10.1. The van der Waals surface area contributed by atoms with Crippen LogP contribution in [0.3, 0.4) is 0 Å². The largest absolute Gasteiger partial charge is 0.367 e. The van der Waals surface area contributed by atoms with Crippen molar-refractivity contribution in [2.75, 3.05) is 23.3 Å². The molecule has 0 saturated carbocycles. The van der Waals surface area contributed by atoms with Gasteiger partial charge in [-0.2, -0.15) is 0 Å². The molecule has 3 aromatic heterocycles. The van der Waals surface area contributed by atoms with Gasteiger partial charge in [-0.1, -0.05) is 0 Å². The van der Waals surface area contributed by atoms with Crippen LogP contribution in [0.15, 0.2) is 43.0 Å². The van der Waals surface area contributed by atoms with Gasteiger partial charge in [-0.3, -0.25) is 19.6 Å². The van der Waals surface area contributed by atoms with Crippen LogP contribution in [0.25, 0.3) is 16.7 Å². The molecule has 2 N–H and O–H groups in total. The normalized spacial score (nSPS) is 18.6. The van der Waals surface area contributed by atoms with Crippen molar-refractivity contribution in [3.63, 3.8) is 0 Å². The zero-order valence-electron chi connectivity index (χ0n) is 18.1. The van der Waals surface area contributed by atoms with Gasteiger partial charge in [0.15, 0.2) is 17.8 Å². The maximum absolute atomic E-state index is 14.4. The number of hydrogen-bond donors (Lipinski definition) is 2. The predicted molar refractivity (Wildman–Crippen MR) is 122 cm³/mol. The molecule has 4 aromatic rings. The molecular formula is C23H22FN7O2. The maximum atomic E-state index is 14.4. The van der Waals surface area contributed by atoms with Gasteiger partial charge in [0.05, 0.1) is 16.9 Å². The van der Waals surface area contributed by atoms with Gasteiger partial charge in [-0.25, -0.2) is 9.37 Å². The highest BCUT2D eigenvalue weighted by atomic mass is 19.1. The molecule has 168 valence electrons. The standard InChI is InChI=1S/C23H22FN7O2/c1-13-8-30(9-14(2)27-13)19-4-3-17(20-21(19)26-6-5-25-20)23(33)29-15-7-18(24)22-28-16(12-32)11-31(22)10-15/h3-7,10-14,27H,8-9H2,1-2H3,(H,29,33). The Morgan fingerprint density at radius 3 is 2.61 bits per heavy atom. The van der Waals surface area contributed by atoms with Crippen LogP contribution in [0.2, 0.25) is 0 Å². The fourth-order valence-electron chi connectivity index (χ4n) is 4.40. The van der Waals surface area contributed by atoms with Crippen molar-refractivity contribution in [1.29, 1.82) is 0 Å². The Hall–Kier alpha value is -3.92. The minimum atomic E-state index is -0.650. The van der Waals surface area contributed by atoms with Gasteiger partial charge in [-0.15, -0.1) is 0 Å². The van der Waals surface area contributed by atoms with Crippen LogP contribution in [-0.4, -0.2) is 56.7 Å². The van der Waals surface area contributed by atoms with Crippen LogP contribution >= 0.6 is 0 Å². The van der Waals surface area contributed by atoms with E-state index in [4.69, 9.17) is 0 Å². The summed E-state index contributed by atoms with van der Waals surface area (Å²) in [6.07, 6.45) is 6.59. The minimum absolute atomic E-state index is 0.00949. The van der Waals surface area contributed by atoms with Crippen molar-refractivity contribution in [2.45, 2.75) is 25.9 Å². The number of hydrogen-bond acceptors (Lipinski definition) is 7. The summed E-state index contributed by atoms with van der Waals surface area (Å²) in [5.74, 6) is -1.09. The van der Waals surface area contributed by atoms with Crippen molar-refractivity contribution < 1.29 is 14.0 Å². The number of nitrogens with zero attached hydrogens (tertiary/aromatic N) is 5. The number of aldehydes is 1. The molecular weight excluding hydrogens is 425 g/mol. The molecule has 1 aromatic carbocycles. The van der Waals surface area contributed by atoms with Crippen molar-refractivity contribution in [3.05, 3.63) is 60.1 Å². The van der Waals surface area contributed by atoms with Crippen molar-refractivity contribution in [2.24, 2.45) is 0 Å². The maximum Gasteiger partial charge on any atom is 0.257 e. The van der Waals surface area contributed by atoms with E-state index in [0.29, 0.717) is 35.0 Å². The third-order valence-corrected chi connectivity index (χ3v) is 5.65. The first kappa shape index (κ1) is 21.0. The van der Waals surface area contributed by atoms with E-state index in [1.807, 2.05) is 6.07 Å². The fourth-order valence-corrected chi connectivity index (χ4v) is 4.40. The van der Waals surface area contributed by atoms with Crippen LogP contribution in [-0.2, 0) is 0 Å². The quantitative estimate of drug-likeness (QED) is 0.464. The lowest BCUT2D eigenvalue weighted by molar-refractivity contribution is 0.102. The summed E-state index contributed by atoms with van der Waals surface area (Å²) in [5, 5.41) is 6.22. The second kappa shape index (κ2) is 8.21. The average Bonchev–Trinajstić information content (AvgIpc) is 3.21. The number of benzene rings is 1. The Morgan fingerprint density at radius 2 is 1.88 bits per heavy atom. The van der Waals surface area contributed by atoms with Crippen LogP contribution < -0.4 is 15.5 Å². The summed E-state index contributed by atoms with van der Waals surface area (Å²) >= 11 is 0. The first-order chi connectivity index (χ1) is 15.9. The molecule has 0 spiro atoms. The van der Waals surface area contributed by atoms with Crippen LogP contribution in [0.4, 0.5) is 15.8 Å². The fraction of sp³-hybridized carbons (Fsp3) is 0.261. The highest BCUT2D eigenvalue weighted by molar-refractivity contribution is 6.13. The van der Waals surface area contributed by atoms with E-state index >= 15 is 0 Å². The molecule has 0 aliphatic carbocycles. The number of fused-ring (bicyclic) bond motifs is 2. The summed E-state index contributed by atoms with van der Waals surface area (Å²) in [5.41, 5.74) is 2.70. The van der Waals surface area contributed by atoms with E-state index in [2.05, 4.69) is 44.3 Å². The Balaban J connectivity index is 1.49. The number of anilines is 2. The molecule has 1 amide bonds. The van der Waals surface area contributed by atoms with E-state index in [1.165, 1.54) is 22.9 Å². The SMILES string of the molecule is CC1CN(c2ccc(C(=O)Nc3cc(F)c4nc(C=O)cn4c3)c3nccnc23)CC(C)N1. The van der Waals surface area contributed by atoms with Gasteiger partial charge in [0, 0.05) is 56.0 Å². The summed E-state index contributed by atoms with van der Waals surface area (Å²) in [7, 11) is 0. The van der Waals surface area contributed by atoms with E-state index in [1.54, 1.807) is 18.5 Å². The molecule has 5 rings (SSSR count). The zero-order valence-corrected chi connectivity index (χ0v) is 18.1. The zero-order chi connectivity index (χ0) is 23.1. The molecule has 9 nitrogen and oxygen atoms in total. The number of carbonyl (C=O) groups excluding carboxylic acids is 2. The molecule has 1 aliphatic heterocycles. The van der Waals surface area contributed by atoms with Crippen LogP contribution in [0.5, 0.6) is 0 Å². The average molecular weight is 447 g/mol. The third kappa shape index (κ3) is 3.89. The van der Waals surface area contributed by atoms with Gasteiger partial charge in [0.1, 0.15) is 16.7 Å². The number of pyridine rings is 1. The molecule has 4 heterocycles. The molecule has 1 aliphatic rings. The summed E-state index contributed by atoms with van der Waals surface area (Å²) in [6, 6.07) is 5.40. The number of aromatic nitrogens is 4. The second-order valence-electron chi connectivity index (χ2n) is 8.30. The molecule has 10 heteroatoms. The molecule has 2 unspecified atom stereocenters. The van der Waals surface area contributed by atoms with Crippen LogP contribution in [0.1, 0.15) is 34.7 Å². The monoisotopic (exact) mass is 447 g/mol. The highest BCUT2D eigenvalue weighted by Gasteiger charge is 2.24. The lowest BCUT2D eigenvalue weighted by Gasteiger charge is -2.38. The van der Waals surface area contributed by atoms with E-state index in [-0.39, 0.29) is 17.0 Å². The van der Waals surface area contributed by atoms with Crippen molar-refractivity contribution in [1.82, 2.24) is 24.7 Å². The highest BCUT2D eigenvalue weighted by Crippen LogP contribution is 2.28. The van der Waals surface area contributed by atoms with Gasteiger partial charge in [-0.05, 0) is 26.0 Å². The summed E-state index contributed by atoms with van der Waals surface area (Å²) in [4.78, 5) is 39.2. The molecule has 0 bridgehead atoms. The van der Waals surface area contributed by atoms with E-state index in [9.17, 15) is 14.0 Å². The van der Waals surface area contributed by atoms with E-state index in [0.717, 1.165) is 18.8 Å². The Labute approximate surface area is 188 Å². The number of halogens is 1. The topological polar surface area (TPSA) is 105 Å². The van der Waals surface area contributed by atoms with Gasteiger partial charge >= 0.3 is 0 Å². The lowest BCUT2D eigenvalue weighted by Crippen LogP contribution is -2.54. The Morgan fingerprint density at radius 1 is 1.15 bits per heavy atom. The minimum Gasteiger partial charge on any atom is -0.367 e. The first-order valence-electron chi connectivity index (χ1n) is 10.6. The molecule has 1 saturated heterocycles. The predicted octanol–water partition coefficient (Wildman–Crippen LogP) is 2.67. The number of rotatable bonds is 4. The summed E-state index contributed by atoms with van der Waals surface area (Å²) < 4.78 is 15.8. The Bertz CT molecular complexity index is 1380. The Kier molecular flexibility index (Phi) is 5.21.